The number of hydrogen-bond donors (Lipinski definition) is 1. The summed E-state index contributed by atoms with van der Waals surface area (Å²) < 4.78 is 0. The predicted molar refractivity (Wildman–Crippen MR) is 221 cm³/mol. The molecule has 3 heteroatoms. The van der Waals surface area contributed by atoms with Gasteiger partial charge in [0.05, 0.1) is 6.04 Å². The molecule has 3 nitrogen and oxygen atoms in total. The van der Waals surface area contributed by atoms with Gasteiger partial charge in [0.25, 0.3) is 0 Å². The Kier molecular flexibility index (Phi) is 11.0. The second kappa shape index (κ2) is 16.5. The summed E-state index contributed by atoms with van der Waals surface area (Å²) in [4.78, 5) is 10.5. The minimum atomic E-state index is 0.111. The summed E-state index contributed by atoms with van der Waals surface area (Å²) in [5, 5.41) is 9.22. The van der Waals surface area contributed by atoms with E-state index < -0.39 is 0 Å². The van der Waals surface area contributed by atoms with Gasteiger partial charge in [-0.1, -0.05) is 97.2 Å². The van der Waals surface area contributed by atoms with E-state index in [1.54, 1.807) is 0 Å². The third-order valence-corrected chi connectivity index (χ3v) is 12.4. The molecule has 0 amide bonds. The van der Waals surface area contributed by atoms with Crippen molar-refractivity contribution >= 4 is 22.7 Å². The lowest BCUT2D eigenvalue weighted by molar-refractivity contribution is 0.515. The summed E-state index contributed by atoms with van der Waals surface area (Å²) in [5.74, 6) is 1.42. The van der Waals surface area contributed by atoms with Crippen LogP contribution >= 0.6 is 0 Å². The Morgan fingerprint density at radius 2 is 1.67 bits per heavy atom. The number of allylic oxidation sites excluding steroid dienone is 19. The minimum absolute atomic E-state index is 0.111. The van der Waals surface area contributed by atoms with Gasteiger partial charge >= 0.3 is 0 Å². The van der Waals surface area contributed by atoms with Gasteiger partial charge in [-0.3, -0.25) is 9.98 Å². The molecule has 266 valence electrons. The van der Waals surface area contributed by atoms with Crippen LogP contribution in [-0.2, 0) is 0 Å². The zero-order chi connectivity index (χ0) is 35.1. The van der Waals surface area contributed by atoms with Crippen LogP contribution in [0.4, 0.5) is 0 Å². The molecule has 0 bridgehead atoms. The molecule has 0 fully saturated rings. The van der Waals surface area contributed by atoms with Crippen molar-refractivity contribution < 1.29 is 0 Å². The van der Waals surface area contributed by atoms with E-state index in [-0.39, 0.29) is 6.04 Å². The van der Waals surface area contributed by atoms with Crippen LogP contribution in [-0.4, -0.2) is 23.2 Å². The van der Waals surface area contributed by atoms with Crippen LogP contribution in [0.3, 0.4) is 0 Å². The Morgan fingerprint density at radius 1 is 0.750 bits per heavy atom. The van der Waals surface area contributed by atoms with E-state index in [0.717, 1.165) is 75.5 Å². The maximum Gasteiger partial charge on any atom is 0.0620 e. The molecule has 0 aliphatic heterocycles. The summed E-state index contributed by atoms with van der Waals surface area (Å²) in [6.07, 6.45) is 49.7. The summed E-state index contributed by atoms with van der Waals surface area (Å²) >= 11 is 0. The predicted octanol–water partition coefficient (Wildman–Crippen LogP) is 12.8. The molecule has 7 aliphatic carbocycles. The quantitative estimate of drug-likeness (QED) is 0.252. The topological polar surface area (TPSA) is 48.6 Å². The molecule has 1 aromatic carbocycles. The van der Waals surface area contributed by atoms with Gasteiger partial charge in [-0.2, -0.15) is 0 Å². The fraction of sp³-hybridized carbons (Fsp3) is 0.408. The number of fused-ring (bicyclic) bond motifs is 1. The van der Waals surface area contributed by atoms with Gasteiger partial charge in [-0.25, -0.2) is 0 Å². The maximum absolute atomic E-state index is 9.22. The number of rotatable bonds is 9. The van der Waals surface area contributed by atoms with Crippen molar-refractivity contribution in [3.8, 4) is 0 Å². The smallest absolute Gasteiger partial charge is 0.0620 e. The van der Waals surface area contributed by atoms with Crippen molar-refractivity contribution in [3.63, 3.8) is 0 Å². The Balaban J connectivity index is 0.892. The first-order valence-electron chi connectivity index (χ1n) is 20.3. The zero-order valence-corrected chi connectivity index (χ0v) is 30.9. The molecule has 0 radical (unpaired) electrons. The number of hydrogen-bond acceptors (Lipinski definition) is 3. The summed E-state index contributed by atoms with van der Waals surface area (Å²) in [6.45, 7) is 0. The van der Waals surface area contributed by atoms with Gasteiger partial charge in [0.1, 0.15) is 0 Å². The number of benzene rings is 1. The van der Waals surface area contributed by atoms with Gasteiger partial charge in [0, 0.05) is 47.5 Å². The normalized spacial score (nSPS) is 28.0. The summed E-state index contributed by atoms with van der Waals surface area (Å²) in [5.41, 5.74) is 14.4. The van der Waals surface area contributed by atoms with E-state index in [9.17, 15) is 5.41 Å². The Morgan fingerprint density at radius 3 is 2.42 bits per heavy atom. The van der Waals surface area contributed by atoms with Crippen LogP contribution in [0, 0.1) is 17.2 Å². The summed E-state index contributed by atoms with van der Waals surface area (Å²) in [7, 11) is 0. The molecule has 4 unspecified atom stereocenters. The van der Waals surface area contributed by atoms with E-state index in [2.05, 4.69) is 109 Å². The van der Waals surface area contributed by atoms with Crippen LogP contribution < -0.4 is 0 Å². The standard InChI is InChI=1S/C49H55N3/c50-48(47-17-9-15-41-12-7-8-16-46(41)47)34-49(42-13-5-2-6-14-42)52-45-32-26-40(27-33-45)39-24-30-44(31-25-39)51-43-28-22-38(23-29-43)37-20-18-36(19-21-37)35-10-3-1-4-11-35/h2,5-6,8-10,13,16-22,24,26,28,30,38,41-42,49-50H,1,3-4,7,11-12,14-15,23,25,27,29,31-34H2. The van der Waals surface area contributed by atoms with Crippen LogP contribution in [0.5, 0.6) is 0 Å². The third kappa shape index (κ3) is 8.30. The van der Waals surface area contributed by atoms with Crippen molar-refractivity contribution in [1.29, 1.82) is 5.41 Å². The van der Waals surface area contributed by atoms with Gasteiger partial charge in [-0.05, 0) is 147 Å². The first kappa shape index (κ1) is 34.7. The largest absolute Gasteiger partial charge is 0.305 e. The lowest BCUT2D eigenvalue weighted by Crippen LogP contribution is -2.25. The van der Waals surface area contributed by atoms with Crippen molar-refractivity contribution in [3.05, 3.63) is 148 Å². The summed E-state index contributed by atoms with van der Waals surface area (Å²) in [6, 6.07) is 9.48. The highest BCUT2D eigenvalue weighted by Crippen LogP contribution is 2.37. The second-order valence-corrected chi connectivity index (χ2v) is 15.8. The molecule has 7 aliphatic rings. The number of aliphatic imine (C=N–C) groups is 2. The molecule has 0 heterocycles. The van der Waals surface area contributed by atoms with E-state index in [1.165, 1.54) is 82.6 Å². The Hall–Kier alpha value is -4.37. The second-order valence-electron chi connectivity index (χ2n) is 15.8. The van der Waals surface area contributed by atoms with Gasteiger partial charge in [0.2, 0.25) is 0 Å². The fourth-order valence-corrected chi connectivity index (χ4v) is 9.24. The highest BCUT2D eigenvalue weighted by Gasteiger charge is 2.27. The number of nitrogens with zero attached hydrogens (tertiary/aromatic N) is 2. The molecule has 0 saturated heterocycles. The molecule has 1 N–H and O–H groups in total. The van der Waals surface area contributed by atoms with Crippen molar-refractivity contribution in [1.82, 2.24) is 0 Å². The molecule has 0 aromatic heterocycles. The van der Waals surface area contributed by atoms with Gasteiger partial charge in [-0.15, -0.1) is 0 Å². The van der Waals surface area contributed by atoms with E-state index in [0.29, 0.717) is 24.2 Å². The average Bonchev–Trinajstić information content (AvgIpc) is 3.22. The fourth-order valence-electron chi connectivity index (χ4n) is 9.24. The molecular weight excluding hydrogens is 631 g/mol. The van der Waals surface area contributed by atoms with E-state index >= 15 is 0 Å². The van der Waals surface area contributed by atoms with Crippen molar-refractivity contribution in [2.24, 2.45) is 21.8 Å². The minimum Gasteiger partial charge on any atom is -0.305 e. The van der Waals surface area contributed by atoms with Crippen LogP contribution in [0.25, 0.3) is 5.57 Å². The molecular formula is C49H55N3. The van der Waals surface area contributed by atoms with Gasteiger partial charge < -0.3 is 5.41 Å². The highest BCUT2D eigenvalue weighted by molar-refractivity contribution is 6.02. The SMILES string of the molecule is N=C(CC(N=C1CC=C(C2=CC=C(N=C3C=CC(c4ccc(C5=CCCCC5)cc4)CC3)CC2)CC1)C1C=CC=CC1)C1=C2C=CCCC2CC=C1. The lowest BCUT2D eigenvalue weighted by Gasteiger charge is -2.29. The first-order valence-corrected chi connectivity index (χ1v) is 20.3. The monoisotopic (exact) mass is 685 g/mol. The Bertz CT molecular complexity index is 1910. The molecule has 0 saturated carbocycles. The molecule has 8 rings (SSSR count). The highest BCUT2D eigenvalue weighted by atomic mass is 14.8. The maximum atomic E-state index is 9.22. The van der Waals surface area contributed by atoms with Crippen LogP contribution in [0.2, 0.25) is 0 Å². The van der Waals surface area contributed by atoms with Gasteiger partial charge in [0.15, 0.2) is 0 Å². The zero-order valence-electron chi connectivity index (χ0n) is 30.9. The molecule has 4 atom stereocenters. The molecule has 1 aromatic rings. The first-order chi connectivity index (χ1) is 25.7. The number of nitrogens with one attached hydrogen (secondary N) is 1. The van der Waals surface area contributed by atoms with E-state index in [1.807, 2.05) is 0 Å². The molecule has 0 spiro atoms. The van der Waals surface area contributed by atoms with Crippen molar-refractivity contribution in [2.45, 2.75) is 115 Å². The lowest BCUT2D eigenvalue weighted by atomic mass is 9.78. The van der Waals surface area contributed by atoms with Crippen molar-refractivity contribution in [2.75, 3.05) is 0 Å². The average molecular weight is 686 g/mol. The third-order valence-electron chi connectivity index (χ3n) is 12.4. The molecule has 52 heavy (non-hydrogen) atoms. The van der Waals surface area contributed by atoms with E-state index in [4.69, 9.17) is 9.98 Å². The van der Waals surface area contributed by atoms with Crippen LogP contribution in [0.1, 0.15) is 120 Å². The Labute approximate surface area is 312 Å². The van der Waals surface area contributed by atoms with Crippen LogP contribution in [0.15, 0.2) is 147 Å².